The van der Waals surface area contributed by atoms with E-state index in [4.69, 9.17) is 10.5 Å². The van der Waals surface area contributed by atoms with Gasteiger partial charge in [0.25, 0.3) is 0 Å². The highest BCUT2D eigenvalue weighted by molar-refractivity contribution is 7.89. The van der Waals surface area contributed by atoms with Gasteiger partial charge in [0.1, 0.15) is 0 Å². The third-order valence-electron chi connectivity index (χ3n) is 2.27. The number of hydrogen-bond acceptors (Lipinski definition) is 4. The van der Waals surface area contributed by atoms with E-state index in [2.05, 4.69) is 16.6 Å². The molecule has 1 rings (SSSR count). The van der Waals surface area contributed by atoms with Crippen molar-refractivity contribution in [2.75, 3.05) is 20.3 Å². The standard InChI is InChI=1S/C13H18N2O3S/c1-11(10-18-2)15-19(16,17)13-7-5-12(6-8-13)4-3-9-14/h5-8,11,15H,9-10,14H2,1-2H3. The number of ether oxygens (including phenoxy) is 1. The molecule has 0 saturated carbocycles. The van der Waals surface area contributed by atoms with Crippen molar-refractivity contribution < 1.29 is 13.2 Å². The molecule has 0 amide bonds. The minimum Gasteiger partial charge on any atom is -0.383 e. The van der Waals surface area contributed by atoms with Crippen molar-refractivity contribution in [2.24, 2.45) is 5.73 Å². The van der Waals surface area contributed by atoms with E-state index in [0.29, 0.717) is 6.61 Å². The summed E-state index contributed by atoms with van der Waals surface area (Å²) < 4.78 is 31.5. The molecule has 0 aliphatic carbocycles. The maximum atomic E-state index is 12.0. The fraction of sp³-hybridized carbons (Fsp3) is 0.385. The van der Waals surface area contributed by atoms with Crippen molar-refractivity contribution >= 4 is 10.0 Å². The number of methoxy groups -OCH3 is 1. The van der Waals surface area contributed by atoms with E-state index in [1.807, 2.05) is 0 Å². The van der Waals surface area contributed by atoms with E-state index in [9.17, 15) is 8.42 Å². The minimum atomic E-state index is -3.52. The summed E-state index contributed by atoms with van der Waals surface area (Å²) in [6.07, 6.45) is 0. The second-order valence-electron chi connectivity index (χ2n) is 4.01. The van der Waals surface area contributed by atoms with Crippen molar-refractivity contribution in [1.29, 1.82) is 0 Å². The summed E-state index contributed by atoms with van der Waals surface area (Å²) in [4.78, 5) is 0.203. The molecule has 1 unspecified atom stereocenters. The number of benzene rings is 1. The maximum Gasteiger partial charge on any atom is 0.240 e. The van der Waals surface area contributed by atoms with Crippen LogP contribution in [0, 0.1) is 11.8 Å². The Morgan fingerprint density at radius 2 is 2.00 bits per heavy atom. The lowest BCUT2D eigenvalue weighted by Gasteiger charge is -2.13. The highest BCUT2D eigenvalue weighted by Crippen LogP contribution is 2.10. The van der Waals surface area contributed by atoms with Crippen molar-refractivity contribution in [3.05, 3.63) is 29.8 Å². The Kier molecular flexibility index (Phi) is 5.99. The lowest BCUT2D eigenvalue weighted by Crippen LogP contribution is -2.35. The van der Waals surface area contributed by atoms with Crippen LogP contribution in [-0.4, -0.2) is 34.7 Å². The zero-order valence-electron chi connectivity index (χ0n) is 11.0. The molecule has 1 atom stereocenters. The summed E-state index contributed by atoms with van der Waals surface area (Å²) in [5.41, 5.74) is 6.00. The van der Waals surface area contributed by atoms with E-state index in [-0.39, 0.29) is 17.5 Å². The molecule has 0 aliphatic heterocycles. The Balaban J connectivity index is 2.84. The quantitative estimate of drug-likeness (QED) is 0.762. The largest absolute Gasteiger partial charge is 0.383 e. The van der Waals surface area contributed by atoms with Gasteiger partial charge in [-0.25, -0.2) is 13.1 Å². The Labute approximate surface area is 114 Å². The van der Waals surface area contributed by atoms with Crippen LogP contribution in [0.2, 0.25) is 0 Å². The van der Waals surface area contributed by atoms with Gasteiger partial charge in [-0.05, 0) is 31.2 Å². The van der Waals surface area contributed by atoms with Crippen molar-refractivity contribution in [3.8, 4) is 11.8 Å². The topological polar surface area (TPSA) is 81.4 Å². The average Bonchev–Trinajstić information content (AvgIpc) is 2.36. The number of sulfonamides is 1. The zero-order chi connectivity index (χ0) is 14.3. The van der Waals surface area contributed by atoms with Crippen LogP contribution in [0.25, 0.3) is 0 Å². The van der Waals surface area contributed by atoms with E-state index in [0.717, 1.165) is 5.56 Å². The Hall–Kier alpha value is -1.39. The summed E-state index contributed by atoms with van der Waals surface area (Å²) in [5.74, 6) is 5.54. The molecular formula is C13H18N2O3S. The van der Waals surface area contributed by atoms with Gasteiger partial charge in [-0.15, -0.1) is 0 Å². The monoisotopic (exact) mass is 282 g/mol. The van der Waals surface area contributed by atoms with Crippen molar-refractivity contribution in [3.63, 3.8) is 0 Å². The molecule has 0 radical (unpaired) electrons. The summed E-state index contributed by atoms with van der Waals surface area (Å²) in [5, 5.41) is 0. The third kappa shape index (κ3) is 5.01. The van der Waals surface area contributed by atoms with E-state index >= 15 is 0 Å². The fourth-order valence-corrected chi connectivity index (χ4v) is 2.72. The molecule has 3 N–H and O–H groups in total. The van der Waals surface area contributed by atoms with Gasteiger partial charge in [0.2, 0.25) is 10.0 Å². The fourth-order valence-electron chi connectivity index (χ4n) is 1.49. The molecular weight excluding hydrogens is 264 g/mol. The van der Waals surface area contributed by atoms with Gasteiger partial charge >= 0.3 is 0 Å². The first kappa shape index (κ1) is 15.7. The summed E-state index contributed by atoms with van der Waals surface area (Å²) in [7, 11) is -2.00. The first-order valence-electron chi connectivity index (χ1n) is 5.80. The number of nitrogens with one attached hydrogen (secondary N) is 1. The third-order valence-corrected chi connectivity index (χ3v) is 3.88. The van der Waals surface area contributed by atoms with Crippen LogP contribution in [0.3, 0.4) is 0 Å². The molecule has 0 spiro atoms. The Morgan fingerprint density at radius 3 is 2.53 bits per heavy atom. The van der Waals surface area contributed by atoms with Crippen LogP contribution in [0.1, 0.15) is 12.5 Å². The second kappa shape index (κ2) is 7.26. The SMILES string of the molecule is COCC(C)NS(=O)(=O)c1ccc(C#CCN)cc1. The van der Waals surface area contributed by atoms with Gasteiger partial charge in [-0.1, -0.05) is 11.8 Å². The van der Waals surface area contributed by atoms with Gasteiger partial charge in [-0.2, -0.15) is 0 Å². The summed E-state index contributed by atoms with van der Waals surface area (Å²) >= 11 is 0. The van der Waals surface area contributed by atoms with Crippen LogP contribution < -0.4 is 10.5 Å². The van der Waals surface area contributed by atoms with E-state index in [1.54, 1.807) is 19.1 Å². The first-order valence-corrected chi connectivity index (χ1v) is 7.28. The summed E-state index contributed by atoms with van der Waals surface area (Å²) in [6, 6.07) is 6.05. The van der Waals surface area contributed by atoms with Gasteiger partial charge in [0.15, 0.2) is 0 Å². The van der Waals surface area contributed by atoms with Crippen LogP contribution in [0.4, 0.5) is 0 Å². The van der Waals surface area contributed by atoms with Gasteiger partial charge in [-0.3, -0.25) is 0 Å². The number of hydrogen-bond donors (Lipinski definition) is 2. The highest BCUT2D eigenvalue weighted by atomic mass is 32.2. The predicted octanol–water partition coefficient (Wildman–Crippen LogP) is 0.310. The summed E-state index contributed by atoms with van der Waals surface area (Å²) in [6.45, 7) is 2.33. The Bertz CT molecular complexity index is 556. The number of nitrogens with two attached hydrogens (primary N) is 1. The smallest absolute Gasteiger partial charge is 0.240 e. The second-order valence-corrected chi connectivity index (χ2v) is 5.72. The molecule has 1 aromatic carbocycles. The molecule has 0 aliphatic rings. The van der Waals surface area contributed by atoms with Crippen LogP contribution >= 0.6 is 0 Å². The van der Waals surface area contributed by atoms with Gasteiger partial charge in [0, 0.05) is 18.7 Å². The normalized spacial score (nSPS) is 12.6. The van der Waals surface area contributed by atoms with Crippen molar-refractivity contribution in [1.82, 2.24) is 4.72 Å². The molecule has 19 heavy (non-hydrogen) atoms. The van der Waals surface area contributed by atoms with Crippen LogP contribution in [-0.2, 0) is 14.8 Å². The molecule has 104 valence electrons. The Morgan fingerprint density at radius 1 is 1.37 bits per heavy atom. The molecule has 5 nitrogen and oxygen atoms in total. The van der Waals surface area contributed by atoms with Crippen LogP contribution in [0.5, 0.6) is 0 Å². The van der Waals surface area contributed by atoms with E-state index in [1.165, 1.54) is 19.2 Å². The molecule has 6 heteroatoms. The maximum absolute atomic E-state index is 12.0. The lowest BCUT2D eigenvalue weighted by molar-refractivity contribution is 0.180. The molecule has 0 bridgehead atoms. The van der Waals surface area contributed by atoms with E-state index < -0.39 is 10.0 Å². The predicted molar refractivity (Wildman–Crippen MR) is 74.0 cm³/mol. The molecule has 0 heterocycles. The van der Waals surface area contributed by atoms with Crippen molar-refractivity contribution in [2.45, 2.75) is 17.9 Å². The zero-order valence-corrected chi connectivity index (χ0v) is 11.8. The van der Waals surface area contributed by atoms with Gasteiger partial charge < -0.3 is 10.5 Å². The molecule has 0 fully saturated rings. The average molecular weight is 282 g/mol. The molecule has 0 aromatic heterocycles. The lowest BCUT2D eigenvalue weighted by atomic mass is 10.2. The molecule has 1 aromatic rings. The first-order chi connectivity index (χ1) is 8.99. The van der Waals surface area contributed by atoms with Gasteiger partial charge in [0.05, 0.1) is 18.0 Å². The number of rotatable bonds is 5. The van der Waals surface area contributed by atoms with Crippen LogP contribution in [0.15, 0.2) is 29.2 Å². The highest BCUT2D eigenvalue weighted by Gasteiger charge is 2.16. The minimum absolute atomic E-state index is 0.203. The molecule has 0 saturated heterocycles.